The zero-order chi connectivity index (χ0) is 10.2. The lowest BCUT2D eigenvalue weighted by molar-refractivity contribution is 0.167. The van der Waals surface area contributed by atoms with Gasteiger partial charge in [0.15, 0.2) is 0 Å². The van der Waals surface area contributed by atoms with Crippen LogP contribution in [0.2, 0.25) is 0 Å². The summed E-state index contributed by atoms with van der Waals surface area (Å²) in [6.45, 7) is 6.83. The molecule has 1 aromatic rings. The molecular weight excluding hydrogens is 170 g/mol. The van der Waals surface area contributed by atoms with Gasteiger partial charge in [0.1, 0.15) is 0 Å². The standard InChI is InChI=1S/C13H19N/c1-10-6-4-5-7-12(10)14-11-8-13(2,3)9-11/h4-7,11,14H,8-9H2,1-3H3. The third-order valence-electron chi connectivity index (χ3n) is 3.10. The van der Waals surface area contributed by atoms with Crippen LogP contribution in [0.5, 0.6) is 0 Å². The number of para-hydroxylation sites is 1. The van der Waals surface area contributed by atoms with Gasteiger partial charge < -0.3 is 5.32 Å². The molecule has 1 aliphatic carbocycles. The Bertz CT molecular complexity index is 320. The lowest BCUT2D eigenvalue weighted by Crippen LogP contribution is -2.41. The van der Waals surface area contributed by atoms with Crippen molar-refractivity contribution >= 4 is 5.69 Å². The van der Waals surface area contributed by atoms with Crippen molar-refractivity contribution in [2.24, 2.45) is 5.41 Å². The number of hydrogen-bond acceptors (Lipinski definition) is 1. The van der Waals surface area contributed by atoms with E-state index in [1.54, 1.807) is 0 Å². The summed E-state index contributed by atoms with van der Waals surface area (Å²) in [6.07, 6.45) is 2.59. The molecule has 0 radical (unpaired) electrons. The molecule has 0 aromatic heterocycles. The summed E-state index contributed by atoms with van der Waals surface area (Å²) < 4.78 is 0. The molecule has 1 N–H and O–H groups in total. The van der Waals surface area contributed by atoms with E-state index in [9.17, 15) is 0 Å². The van der Waals surface area contributed by atoms with Crippen LogP contribution in [0.4, 0.5) is 5.69 Å². The van der Waals surface area contributed by atoms with E-state index in [1.807, 2.05) is 0 Å². The van der Waals surface area contributed by atoms with Crippen molar-refractivity contribution in [3.63, 3.8) is 0 Å². The monoisotopic (exact) mass is 189 g/mol. The van der Waals surface area contributed by atoms with Gasteiger partial charge >= 0.3 is 0 Å². The Kier molecular flexibility index (Phi) is 2.26. The van der Waals surface area contributed by atoms with Crippen LogP contribution in [0.1, 0.15) is 32.3 Å². The maximum atomic E-state index is 3.60. The van der Waals surface area contributed by atoms with E-state index in [2.05, 4.69) is 50.4 Å². The molecule has 14 heavy (non-hydrogen) atoms. The summed E-state index contributed by atoms with van der Waals surface area (Å²) in [5, 5.41) is 3.60. The number of nitrogens with one attached hydrogen (secondary N) is 1. The molecule has 76 valence electrons. The summed E-state index contributed by atoms with van der Waals surface area (Å²) in [5.41, 5.74) is 3.20. The fourth-order valence-electron chi connectivity index (χ4n) is 2.33. The molecular formula is C13H19N. The van der Waals surface area contributed by atoms with Gasteiger partial charge in [0, 0.05) is 11.7 Å². The van der Waals surface area contributed by atoms with Crippen LogP contribution >= 0.6 is 0 Å². The van der Waals surface area contributed by atoms with Gasteiger partial charge in [-0.05, 0) is 36.8 Å². The molecule has 1 aliphatic rings. The summed E-state index contributed by atoms with van der Waals surface area (Å²) in [5.74, 6) is 0. The summed E-state index contributed by atoms with van der Waals surface area (Å²) in [6, 6.07) is 9.20. The Morgan fingerprint density at radius 3 is 2.43 bits per heavy atom. The molecule has 1 fully saturated rings. The van der Waals surface area contributed by atoms with Gasteiger partial charge in [-0.1, -0.05) is 32.0 Å². The summed E-state index contributed by atoms with van der Waals surface area (Å²) in [4.78, 5) is 0. The quantitative estimate of drug-likeness (QED) is 0.749. The highest BCUT2D eigenvalue weighted by molar-refractivity contribution is 5.51. The minimum atomic E-state index is 0.556. The molecule has 1 saturated carbocycles. The molecule has 0 bridgehead atoms. The maximum absolute atomic E-state index is 3.60. The zero-order valence-corrected chi connectivity index (χ0v) is 9.30. The average Bonchev–Trinajstić information content (AvgIpc) is 2.05. The average molecular weight is 189 g/mol. The molecule has 0 unspecified atom stereocenters. The molecule has 0 atom stereocenters. The molecule has 1 aromatic carbocycles. The smallest absolute Gasteiger partial charge is 0.0372 e. The molecule has 0 heterocycles. The predicted octanol–water partition coefficient (Wildman–Crippen LogP) is 3.60. The number of aryl methyl sites for hydroxylation is 1. The second-order valence-electron chi connectivity index (χ2n) is 5.23. The predicted molar refractivity (Wildman–Crippen MR) is 61.6 cm³/mol. The molecule has 2 rings (SSSR count). The molecule has 0 amide bonds. The first-order valence-corrected chi connectivity index (χ1v) is 5.39. The largest absolute Gasteiger partial charge is 0.382 e. The van der Waals surface area contributed by atoms with E-state index in [1.165, 1.54) is 24.1 Å². The Morgan fingerprint density at radius 2 is 1.86 bits per heavy atom. The highest BCUT2D eigenvalue weighted by Gasteiger charge is 2.35. The first kappa shape index (κ1) is 9.57. The number of rotatable bonds is 2. The normalized spacial score (nSPS) is 20.2. The minimum Gasteiger partial charge on any atom is -0.382 e. The fraction of sp³-hybridized carbons (Fsp3) is 0.538. The SMILES string of the molecule is Cc1ccccc1NC1CC(C)(C)C1. The highest BCUT2D eigenvalue weighted by atomic mass is 14.9. The van der Waals surface area contributed by atoms with Crippen molar-refractivity contribution in [2.75, 3.05) is 5.32 Å². The molecule has 1 heteroatoms. The lowest BCUT2D eigenvalue weighted by atomic mass is 9.68. The Balaban J connectivity index is 1.97. The first-order valence-electron chi connectivity index (χ1n) is 5.39. The van der Waals surface area contributed by atoms with E-state index in [-0.39, 0.29) is 0 Å². The Hall–Kier alpha value is -0.980. The second-order valence-corrected chi connectivity index (χ2v) is 5.23. The van der Waals surface area contributed by atoms with Gasteiger partial charge in [0.2, 0.25) is 0 Å². The first-order chi connectivity index (χ1) is 6.57. The number of hydrogen-bond donors (Lipinski definition) is 1. The number of benzene rings is 1. The topological polar surface area (TPSA) is 12.0 Å². The van der Waals surface area contributed by atoms with Crippen molar-refractivity contribution in [2.45, 2.75) is 39.7 Å². The van der Waals surface area contributed by atoms with Crippen molar-refractivity contribution in [1.29, 1.82) is 0 Å². The molecule has 0 spiro atoms. The van der Waals surface area contributed by atoms with Gasteiger partial charge in [-0.2, -0.15) is 0 Å². The minimum absolute atomic E-state index is 0.556. The third-order valence-corrected chi connectivity index (χ3v) is 3.10. The van der Waals surface area contributed by atoms with Gasteiger partial charge in [0.25, 0.3) is 0 Å². The van der Waals surface area contributed by atoms with Gasteiger partial charge in [-0.3, -0.25) is 0 Å². The van der Waals surface area contributed by atoms with Crippen molar-refractivity contribution in [3.05, 3.63) is 29.8 Å². The van der Waals surface area contributed by atoms with Crippen LogP contribution in [0, 0.1) is 12.3 Å². The van der Waals surface area contributed by atoms with E-state index in [4.69, 9.17) is 0 Å². The molecule has 1 nitrogen and oxygen atoms in total. The number of anilines is 1. The highest BCUT2D eigenvalue weighted by Crippen LogP contribution is 2.41. The lowest BCUT2D eigenvalue weighted by Gasteiger charge is -2.43. The maximum Gasteiger partial charge on any atom is 0.0372 e. The van der Waals surface area contributed by atoms with Crippen LogP contribution < -0.4 is 5.32 Å². The van der Waals surface area contributed by atoms with Crippen molar-refractivity contribution in [1.82, 2.24) is 0 Å². The van der Waals surface area contributed by atoms with Crippen molar-refractivity contribution < 1.29 is 0 Å². The van der Waals surface area contributed by atoms with Gasteiger partial charge in [-0.15, -0.1) is 0 Å². The Labute approximate surface area is 86.5 Å². The van der Waals surface area contributed by atoms with Crippen LogP contribution in [-0.4, -0.2) is 6.04 Å². The second kappa shape index (κ2) is 3.30. The Morgan fingerprint density at radius 1 is 1.21 bits per heavy atom. The van der Waals surface area contributed by atoms with E-state index in [0.717, 1.165) is 0 Å². The summed E-state index contributed by atoms with van der Waals surface area (Å²) in [7, 11) is 0. The third kappa shape index (κ3) is 1.92. The van der Waals surface area contributed by atoms with Crippen LogP contribution in [0.25, 0.3) is 0 Å². The molecule has 0 aliphatic heterocycles. The van der Waals surface area contributed by atoms with Gasteiger partial charge in [-0.25, -0.2) is 0 Å². The van der Waals surface area contributed by atoms with Gasteiger partial charge in [0.05, 0.1) is 0 Å². The van der Waals surface area contributed by atoms with E-state index in [0.29, 0.717) is 11.5 Å². The van der Waals surface area contributed by atoms with Crippen LogP contribution in [-0.2, 0) is 0 Å². The van der Waals surface area contributed by atoms with E-state index < -0.39 is 0 Å². The van der Waals surface area contributed by atoms with Crippen molar-refractivity contribution in [3.8, 4) is 0 Å². The van der Waals surface area contributed by atoms with Crippen LogP contribution in [0.15, 0.2) is 24.3 Å². The van der Waals surface area contributed by atoms with Crippen LogP contribution in [0.3, 0.4) is 0 Å². The van der Waals surface area contributed by atoms with E-state index >= 15 is 0 Å². The zero-order valence-electron chi connectivity index (χ0n) is 9.30. The fourth-order valence-corrected chi connectivity index (χ4v) is 2.33. The summed E-state index contributed by atoms with van der Waals surface area (Å²) >= 11 is 0. The molecule has 0 saturated heterocycles.